The molecule has 0 aliphatic carbocycles. The van der Waals surface area contributed by atoms with E-state index in [4.69, 9.17) is 0 Å². The SMILES string of the molecule is CCC(C)(C)NC(=O)CNC1CCN2CCCC2C1. The lowest BCUT2D eigenvalue weighted by atomic mass is 9.97. The van der Waals surface area contributed by atoms with Crippen LogP contribution in [-0.2, 0) is 4.79 Å². The number of hydrogen-bond donors (Lipinski definition) is 2. The van der Waals surface area contributed by atoms with E-state index in [9.17, 15) is 4.79 Å². The summed E-state index contributed by atoms with van der Waals surface area (Å²) in [7, 11) is 0. The summed E-state index contributed by atoms with van der Waals surface area (Å²) in [4.78, 5) is 14.5. The van der Waals surface area contributed by atoms with Gasteiger partial charge in [-0.05, 0) is 59.0 Å². The average molecular weight is 267 g/mol. The second-order valence-corrected chi connectivity index (χ2v) is 6.72. The predicted octanol–water partition coefficient (Wildman–Crippen LogP) is 1.51. The first kappa shape index (κ1) is 14.8. The van der Waals surface area contributed by atoms with E-state index < -0.39 is 0 Å². The minimum atomic E-state index is -0.0897. The van der Waals surface area contributed by atoms with Gasteiger partial charge in [0.05, 0.1) is 6.54 Å². The van der Waals surface area contributed by atoms with Crippen LogP contribution in [0, 0.1) is 0 Å². The van der Waals surface area contributed by atoms with Crippen LogP contribution in [0.5, 0.6) is 0 Å². The first-order valence-electron chi connectivity index (χ1n) is 7.78. The molecule has 2 N–H and O–H groups in total. The van der Waals surface area contributed by atoms with Crippen molar-refractivity contribution in [1.29, 1.82) is 0 Å². The van der Waals surface area contributed by atoms with Gasteiger partial charge in [0.15, 0.2) is 0 Å². The summed E-state index contributed by atoms with van der Waals surface area (Å²) in [5, 5.41) is 6.52. The van der Waals surface area contributed by atoms with Crippen molar-refractivity contribution in [3.63, 3.8) is 0 Å². The monoisotopic (exact) mass is 267 g/mol. The van der Waals surface area contributed by atoms with Crippen LogP contribution < -0.4 is 10.6 Å². The van der Waals surface area contributed by atoms with Crippen LogP contribution in [0.25, 0.3) is 0 Å². The Morgan fingerprint density at radius 3 is 2.84 bits per heavy atom. The minimum absolute atomic E-state index is 0.0897. The topological polar surface area (TPSA) is 44.4 Å². The Hall–Kier alpha value is -0.610. The molecular formula is C15H29N3O. The fourth-order valence-electron chi connectivity index (χ4n) is 3.16. The molecule has 19 heavy (non-hydrogen) atoms. The van der Waals surface area contributed by atoms with Crippen molar-refractivity contribution in [2.75, 3.05) is 19.6 Å². The van der Waals surface area contributed by atoms with Gasteiger partial charge in [0, 0.05) is 17.6 Å². The lowest BCUT2D eigenvalue weighted by Crippen LogP contribution is -2.50. The smallest absolute Gasteiger partial charge is 0.234 e. The van der Waals surface area contributed by atoms with E-state index in [2.05, 4.69) is 36.3 Å². The molecule has 0 aromatic carbocycles. The van der Waals surface area contributed by atoms with E-state index in [-0.39, 0.29) is 11.4 Å². The molecule has 2 rings (SSSR count). The number of hydrogen-bond acceptors (Lipinski definition) is 3. The molecule has 2 unspecified atom stereocenters. The fraction of sp³-hybridized carbons (Fsp3) is 0.933. The van der Waals surface area contributed by atoms with E-state index in [0.29, 0.717) is 12.6 Å². The quantitative estimate of drug-likeness (QED) is 0.793. The maximum atomic E-state index is 11.9. The predicted molar refractivity (Wildman–Crippen MR) is 78.1 cm³/mol. The molecule has 1 amide bonds. The molecule has 110 valence electrons. The van der Waals surface area contributed by atoms with Gasteiger partial charge >= 0.3 is 0 Å². The molecule has 0 bridgehead atoms. The van der Waals surface area contributed by atoms with Crippen molar-refractivity contribution in [1.82, 2.24) is 15.5 Å². The molecule has 0 aromatic rings. The number of fused-ring (bicyclic) bond motifs is 1. The van der Waals surface area contributed by atoms with Gasteiger partial charge in [-0.25, -0.2) is 0 Å². The van der Waals surface area contributed by atoms with Crippen LogP contribution in [0.3, 0.4) is 0 Å². The molecule has 0 radical (unpaired) electrons. The number of nitrogens with one attached hydrogen (secondary N) is 2. The van der Waals surface area contributed by atoms with Crippen LogP contribution in [0.1, 0.15) is 52.9 Å². The number of amides is 1. The van der Waals surface area contributed by atoms with Gasteiger partial charge < -0.3 is 15.5 Å². The maximum Gasteiger partial charge on any atom is 0.234 e. The molecule has 2 heterocycles. The van der Waals surface area contributed by atoms with Crippen molar-refractivity contribution in [3.05, 3.63) is 0 Å². The van der Waals surface area contributed by atoms with Crippen molar-refractivity contribution in [3.8, 4) is 0 Å². The number of piperidine rings is 1. The van der Waals surface area contributed by atoms with Crippen molar-refractivity contribution >= 4 is 5.91 Å². The van der Waals surface area contributed by atoms with Crippen molar-refractivity contribution in [2.45, 2.75) is 70.5 Å². The Kier molecular flexibility index (Phi) is 4.85. The summed E-state index contributed by atoms with van der Waals surface area (Å²) in [6, 6.07) is 1.29. The standard InChI is InChI=1S/C15H29N3O/c1-4-15(2,3)17-14(19)11-16-12-7-9-18-8-5-6-13(18)10-12/h12-13,16H,4-11H2,1-3H3,(H,17,19). The molecule has 2 saturated heterocycles. The highest BCUT2D eigenvalue weighted by Crippen LogP contribution is 2.26. The van der Waals surface area contributed by atoms with E-state index in [1.54, 1.807) is 0 Å². The average Bonchev–Trinajstić information content (AvgIpc) is 2.83. The Morgan fingerprint density at radius 1 is 1.32 bits per heavy atom. The van der Waals surface area contributed by atoms with Crippen LogP contribution >= 0.6 is 0 Å². The third-order valence-corrected chi connectivity index (χ3v) is 4.73. The Labute approximate surface area is 117 Å². The van der Waals surface area contributed by atoms with Crippen LogP contribution in [0.4, 0.5) is 0 Å². The Bertz CT molecular complexity index is 317. The summed E-state index contributed by atoms with van der Waals surface area (Å²) in [5.74, 6) is 0.126. The van der Waals surface area contributed by atoms with E-state index in [1.807, 2.05) is 0 Å². The summed E-state index contributed by atoms with van der Waals surface area (Å²) in [5.41, 5.74) is -0.0897. The molecule has 2 aliphatic rings. The highest BCUT2D eigenvalue weighted by molar-refractivity contribution is 5.78. The van der Waals surface area contributed by atoms with Gasteiger partial charge in [-0.1, -0.05) is 6.92 Å². The molecular weight excluding hydrogens is 238 g/mol. The maximum absolute atomic E-state index is 11.9. The first-order valence-corrected chi connectivity index (χ1v) is 7.78. The molecule has 2 fully saturated rings. The van der Waals surface area contributed by atoms with Crippen LogP contribution in [-0.4, -0.2) is 48.1 Å². The van der Waals surface area contributed by atoms with E-state index in [0.717, 1.165) is 12.5 Å². The van der Waals surface area contributed by atoms with Gasteiger partial charge in [0.2, 0.25) is 5.91 Å². The summed E-state index contributed by atoms with van der Waals surface area (Å²) < 4.78 is 0. The molecule has 4 heteroatoms. The zero-order valence-corrected chi connectivity index (χ0v) is 12.7. The third kappa shape index (κ3) is 4.18. The largest absolute Gasteiger partial charge is 0.350 e. The van der Waals surface area contributed by atoms with E-state index in [1.165, 1.54) is 38.8 Å². The molecule has 2 aliphatic heterocycles. The van der Waals surface area contributed by atoms with Crippen LogP contribution in [0.15, 0.2) is 0 Å². The lowest BCUT2D eigenvalue weighted by molar-refractivity contribution is -0.122. The molecule has 0 aromatic heterocycles. The highest BCUT2D eigenvalue weighted by atomic mass is 16.2. The van der Waals surface area contributed by atoms with Crippen LogP contribution in [0.2, 0.25) is 0 Å². The Balaban J connectivity index is 1.69. The molecule has 0 saturated carbocycles. The van der Waals surface area contributed by atoms with Gasteiger partial charge in [-0.3, -0.25) is 4.79 Å². The highest BCUT2D eigenvalue weighted by Gasteiger charge is 2.31. The molecule has 0 spiro atoms. The second kappa shape index (κ2) is 6.23. The number of rotatable bonds is 5. The first-order chi connectivity index (χ1) is 9.00. The van der Waals surface area contributed by atoms with Gasteiger partial charge in [-0.15, -0.1) is 0 Å². The lowest BCUT2D eigenvalue weighted by Gasteiger charge is -2.35. The normalized spacial score (nSPS) is 28.2. The number of carbonyl (C=O) groups is 1. The van der Waals surface area contributed by atoms with Gasteiger partial charge in [0.25, 0.3) is 0 Å². The van der Waals surface area contributed by atoms with Crippen molar-refractivity contribution in [2.24, 2.45) is 0 Å². The fourth-order valence-corrected chi connectivity index (χ4v) is 3.16. The summed E-state index contributed by atoms with van der Waals surface area (Å²) in [6.07, 6.45) is 6.04. The summed E-state index contributed by atoms with van der Waals surface area (Å²) in [6.45, 7) is 9.18. The van der Waals surface area contributed by atoms with E-state index >= 15 is 0 Å². The zero-order valence-electron chi connectivity index (χ0n) is 12.7. The minimum Gasteiger partial charge on any atom is -0.350 e. The number of carbonyl (C=O) groups excluding carboxylic acids is 1. The molecule has 2 atom stereocenters. The zero-order chi connectivity index (χ0) is 13.9. The third-order valence-electron chi connectivity index (χ3n) is 4.73. The molecule has 4 nitrogen and oxygen atoms in total. The second-order valence-electron chi connectivity index (χ2n) is 6.72. The Morgan fingerprint density at radius 2 is 2.11 bits per heavy atom. The van der Waals surface area contributed by atoms with Gasteiger partial charge in [-0.2, -0.15) is 0 Å². The van der Waals surface area contributed by atoms with Crippen molar-refractivity contribution < 1.29 is 4.79 Å². The number of nitrogens with zero attached hydrogens (tertiary/aromatic N) is 1. The summed E-state index contributed by atoms with van der Waals surface area (Å²) >= 11 is 0. The van der Waals surface area contributed by atoms with Gasteiger partial charge in [0.1, 0.15) is 0 Å².